The largest absolute Gasteiger partial charge is 0.497 e. The van der Waals surface area contributed by atoms with Crippen molar-refractivity contribution in [2.45, 2.75) is 12.5 Å². The zero-order valence-corrected chi connectivity index (χ0v) is 12.9. The molecular weight excluding hydrogens is 318 g/mol. The number of halogens is 1. The van der Waals surface area contributed by atoms with Gasteiger partial charge in [0.2, 0.25) is 0 Å². The summed E-state index contributed by atoms with van der Waals surface area (Å²) < 4.78 is 6.19. The zero-order valence-electron chi connectivity index (χ0n) is 11.3. The maximum Gasteiger partial charge on any atom is 0.119 e. The second-order valence-electron chi connectivity index (χ2n) is 4.60. The molecule has 0 amide bonds. The van der Waals surface area contributed by atoms with Crippen LogP contribution in [0, 0.1) is 0 Å². The predicted molar refractivity (Wildman–Crippen MR) is 85.3 cm³/mol. The van der Waals surface area contributed by atoms with Crippen molar-refractivity contribution >= 4 is 21.6 Å². The third kappa shape index (κ3) is 4.54. The van der Waals surface area contributed by atoms with Crippen molar-refractivity contribution in [3.8, 4) is 5.75 Å². The molecule has 3 nitrogen and oxygen atoms in total. The zero-order chi connectivity index (χ0) is 14.4. The first-order chi connectivity index (χ1) is 9.67. The summed E-state index contributed by atoms with van der Waals surface area (Å²) in [7, 11) is 1.64. The van der Waals surface area contributed by atoms with Crippen LogP contribution in [0.2, 0.25) is 0 Å². The number of rotatable bonds is 6. The number of benzene rings is 2. The molecular formula is C16H18BrNO2. The van der Waals surface area contributed by atoms with Crippen molar-refractivity contribution in [1.82, 2.24) is 0 Å². The van der Waals surface area contributed by atoms with Gasteiger partial charge >= 0.3 is 0 Å². The predicted octanol–water partition coefficient (Wildman–Crippen LogP) is 3.47. The summed E-state index contributed by atoms with van der Waals surface area (Å²) in [5.74, 6) is 0.814. The highest BCUT2D eigenvalue weighted by Crippen LogP contribution is 2.17. The van der Waals surface area contributed by atoms with Gasteiger partial charge < -0.3 is 15.2 Å². The minimum Gasteiger partial charge on any atom is -0.497 e. The summed E-state index contributed by atoms with van der Waals surface area (Å²) in [6, 6.07) is 15.7. The summed E-state index contributed by atoms with van der Waals surface area (Å²) >= 11 is 3.42. The molecule has 0 unspecified atom stereocenters. The molecule has 0 heterocycles. The van der Waals surface area contributed by atoms with Crippen LogP contribution >= 0.6 is 15.9 Å². The highest BCUT2D eigenvalue weighted by molar-refractivity contribution is 9.10. The van der Waals surface area contributed by atoms with E-state index in [1.807, 2.05) is 48.5 Å². The quantitative estimate of drug-likeness (QED) is 0.849. The molecule has 2 N–H and O–H groups in total. The van der Waals surface area contributed by atoms with E-state index in [1.54, 1.807) is 7.11 Å². The molecule has 2 rings (SSSR count). The highest BCUT2D eigenvalue weighted by Gasteiger charge is 2.06. The van der Waals surface area contributed by atoms with Crippen LogP contribution < -0.4 is 10.1 Å². The molecule has 0 spiro atoms. The van der Waals surface area contributed by atoms with Gasteiger partial charge in [0, 0.05) is 23.1 Å². The lowest BCUT2D eigenvalue weighted by atomic mass is 10.1. The van der Waals surface area contributed by atoms with E-state index in [9.17, 15) is 5.11 Å². The van der Waals surface area contributed by atoms with Gasteiger partial charge in [-0.2, -0.15) is 0 Å². The Morgan fingerprint density at radius 2 is 2.00 bits per heavy atom. The first-order valence-corrected chi connectivity index (χ1v) is 7.27. The van der Waals surface area contributed by atoms with Crippen molar-refractivity contribution in [3.63, 3.8) is 0 Å². The van der Waals surface area contributed by atoms with Crippen LogP contribution in [0.25, 0.3) is 0 Å². The lowest BCUT2D eigenvalue weighted by Crippen LogP contribution is -2.21. The van der Waals surface area contributed by atoms with Gasteiger partial charge in [0.25, 0.3) is 0 Å². The maximum absolute atomic E-state index is 10.1. The van der Waals surface area contributed by atoms with E-state index in [4.69, 9.17) is 4.74 Å². The normalized spacial score (nSPS) is 11.9. The molecule has 2 aromatic rings. The number of aliphatic hydroxyl groups excluding tert-OH is 1. The molecule has 0 aliphatic heterocycles. The first kappa shape index (κ1) is 14.9. The van der Waals surface area contributed by atoms with Gasteiger partial charge in [-0.05, 0) is 35.9 Å². The van der Waals surface area contributed by atoms with E-state index in [0.717, 1.165) is 21.5 Å². The van der Waals surface area contributed by atoms with Crippen molar-refractivity contribution in [1.29, 1.82) is 0 Å². The molecule has 106 valence electrons. The molecule has 2 aromatic carbocycles. The van der Waals surface area contributed by atoms with E-state index in [-0.39, 0.29) is 0 Å². The molecule has 0 saturated heterocycles. The fourth-order valence-electron chi connectivity index (χ4n) is 1.98. The number of ether oxygens (including phenoxy) is 1. The van der Waals surface area contributed by atoms with E-state index < -0.39 is 6.10 Å². The number of aliphatic hydroxyl groups is 1. The van der Waals surface area contributed by atoms with Gasteiger partial charge in [-0.1, -0.05) is 34.1 Å². The summed E-state index contributed by atoms with van der Waals surface area (Å²) in [4.78, 5) is 0. The van der Waals surface area contributed by atoms with Gasteiger partial charge in [0.05, 0.1) is 13.2 Å². The van der Waals surface area contributed by atoms with Crippen molar-refractivity contribution in [3.05, 3.63) is 58.6 Å². The Bertz CT molecular complexity index is 560. The van der Waals surface area contributed by atoms with Gasteiger partial charge in [-0.3, -0.25) is 0 Å². The Morgan fingerprint density at radius 3 is 2.75 bits per heavy atom. The van der Waals surface area contributed by atoms with E-state index in [2.05, 4.69) is 21.2 Å². The molecule has 0 aliphatic carbocycles. The van der Waals surface area contributed by atoms with Crippen LogP contribution in [0.3, 0.4) is 0 Å². The van der Waals surface area contributed by atoms with Crippen LogP contribution in [-0.4, -0.2) is 24.9 Å². The summed E-state index contributed by atoms with van der Waals surface area (Å²) in [6.45, 7) is 0.508. The van der Waals surface area contributed by atoms with Gasteiger partial charge in [-0.15, -0.1) is 0 Å². The molecule has 0 saturated carbocycles. The summed E-state index contributed by atoms with van der Waals surface area (Å²) in [5, 5.41) is 13.3. The Labute approximate surface area is 127 Å². The van der Waals surface area contributed by atoms with E-state index >= 15 is 0 Å². The number of methoxy groups -OCH3 is 1. The minimum absolute atomic E-state index is 0.443. The number of hydrogen-bond donors (Lipinski definition) is 2. The fraction of sp³-hybridized carbons (Fsp3) is 0.250. The van der Waals surface area contributed by atoms with Crippen molar-refractivity contribution < 1.29 is 9.84 Å². The molecule has 0 bridgehead atoms. The fourth-order valence-corrected chi connectivity index (χ4v) is 2.38. The Kier molecular flexibility index (Phi) is 5.44. The topological polar surface area (TPSA) is 41.5 Å². The SMILES string of the molecule is COc1cccc(C[C@H](O)CNc2cccc(Br)c2)c1. The summed E-state index contributed by atoms with van der Waals surface area (Å²) in [6.07, 6.45) is 0.152. The lowest BCUT2D eigenvalue weighted by molar-refractivity contribution is 0.188. The summed E-state index contributed by atoms with van der Waals surface area (Å²) in [5.41, 5.74) is 2.05. The average Bonchev–Trinajstić information content (AvgIpc) is 2.45. The average molecular weight is 336 g/mol. The van der Waals surface area contributed by atoms with Gasteiger partial charge in [0.15, 0.2) is 0 Å². The second kappa shape index (κ2) is 7.31. The smallest absolute Gasteiger partial charge is 0.119 e. The molecule has 4 heteroatoms. The van der Waals surface area contributed by atoms with Crippen LogP contribution in [-0.2, 0) is 6.42 Å². The lowest BCUT2D eigenvalue weighted by Gasteiger charge is -2.13. The molecule has 0 aliphatic rings. The Morgan fingerprint density at radius 1 is 1.20 bits per heavy atom. The number of anilines is 1. The minimum atomic E-state index is -0.443. The Hall–Kier alpha value is -1.52. The van der Waals surface area contributed by atoms with Crippen LogP contribution in [0.15, 0.2) is 53.0 Å². The van der Waals surface area contributed by atoms with Gasteiger partial charge in [0.1, 0.15) is 5.75 Å². The number of nitrogens with one attached hydrogen (secondary N) is 1. The number of hydrogen-bond acceptors (Lipinski definition) is 3. The molecule has 1 atom stereocenters. The highest BCUT2D eigenvalue weighted by atomic mass is 79.9. The monoisotopic (exact) mass is 335 g/mol. The molecule has 0 aromatic heterocycles. The molecule has 20 heavy (non-hydrogen) atoms. The standard InChI is InChI=1S/C16H18BrNO2/c1-20-16-7-2-4-12(9-16)8-15(19)11-18-14-6-3-5-13(17)10-14/h2-7,9-10,15,18-19H,8,11H2,1H3/t15-/m0/s1. The van der Waals surface area contributed by atoms with Crippen LogP contribution in [0.1, 0.15) is 5.56 Å². The Balaban J connectivity index is 1.87. The third-order valence-electron chi connectivity index (χ3n) is 2.97. The van der Waals surface area contributed by atoms with Crippen molar-refractivity contribution in [2.24, 2.45) is 0 Å². The van der Waals surface area contributed by atoms with E-state index in [0.29, 0.717) is 13.0 Å². The third-order valence-corrected chi connectivity index (χ3v) is 3.47. The molecule has 0 radical (unpaired) electrons. The second-order valence-corrected chi connectivity index (χ2v) is 5.52. The van der Waals surface area contributed by atoms with Crippen LogP contribution in [0.5, 0.6) is 5.75 Å². The first-order valence-electron chi connectivity index (χ1n) is 6.48. The van der Waals surface area contributed by atoms with Gasteiger partial charge in [-0.25, -0.2) is 0 Å². The van der Waals surface area contributed by atoms with Crippen molar-refractivity contribution in [2.75, 3.05) is 19.0 Å². The van der Waals surface area contributed by atoms with E-state index in [1.165, 1.54) is 0 Å². The molecule has 0 fully saturated rings. The maximum atomic E-state index is 10.1. The van der Waals surface area contributed by atoms with Crippen LogP contribution in [0.4, 0.5) is 5.69 Å².